The highest BCUT2D eigenvalue weighted by molar-refractivity contribution is 8.00. The van der Waals surface area contributed by atoms with Gasteiger partial charge in [-0.15, -0.1) is 11.3 Å². The molecule has 0 aliphatic heterocycles. The number of thiazole rings is 1. The molecule has 2 N–H and O–H groups in total. The lowest BCUT2D eigenvalue weighted by Crippen LogP contribution is -2.13. The Labute approximate surface area is 121 Å². The summed E-state index contributed by atoms with van der Waals surface area (Å²) in [7, 11) is 0. The van der Waals surface area contributed by atoms with Gasteiger partial charge in [0.15, 0.2) is 4.34 Å². The van der Waals surface area contributed by atoms with Crippen LogP contribution in [0.1, 0.15) is 21.7 Å². The molecule has 19 heavy (non-hydrogen) atoms. The van der Waals surface area contributed by atoms with Crippen LogP contribution in [-0.2, 0) is 17.0 Å². The third-order valence-electron chi connectivity index (χ3n) is 2.65. The van der Waals surface area contributed by atoms with E-state index < -0.39 is 0 Å². The van der Waals surface area contributed by atoms with Gasteiger partial charge in [0.2, 0.25) is 5.91 Å². The van der Waals surface area contributed by atoms with Crippen molar-refractivity contribution in [1.82, 2.24) is 4.98 Å². The number of carbonyl (C=O) groups excluding carboxylic acids is 1. The van der Waals surface area contributed by atoms with Crippen molar-refractivity contribution in [3.8, 4) is 0 Å². The first-order chi connectivity index (χ1) is 9.04. The number of aryl methyl sites for hydroxylation is 2. The van der Waals surface area contributed by atoms with Gasteiger partial charge in [-0.3, -0.25) is 4.79 Å². The van der Waals surface area contributed by atoms with Crippen LogP contribution in [0.5, 0.6) is 0 Å². The van der Waals surface area contributed by atoms with Crippen LogP contribution < -0.4 is 5.73 Å². The number of hydrogen-bond donors (Lipinski definition) is 1. The number of rotatable bonds is 5. The fourth-order valence-corrected chi connectivity index (χ4v) is 3.92. The molecule has 0 bridgehead atoms. The lowest BCUT2D eigenvalue weighted by Gasteiger charge is -2.00. The number of amides is 1. The van der Waals surface area contributed by atoms with Crippen LogP contribution >= 0.6 is 23.1 Å². The van der Waals surface area contributed by atoms with E-state index in [2.05, 4.69) is 36.2 Å². The van der Waals surface area contributed by atoms with E-state index in [1.807, 2.05) is 6.92 Å². The monoisotopic (exact) mass is 292 g/mol. The molecule has 0 saturated heterocycles. The number of aromatic nitrogens is 1. The zero-order valence-corrected chi connectivity index (χ0v) is 12.6. The minimum atomic E-state index is -0.304. The van der Waals surface area contributed by atoms with Crippen LogP contribution in [0.2, 0.25) is 0 Å². The lowest BCUT2D eigenvalue weighted by molar-refractivity contribution is -0.117. The van der Waals surface area contributed by atoms with Gasteiger partial charge in [-0.1, -0.05) is 41.6 Å². The second-order valence-corrected chi connectivity index (χ2v) is 6.72. The summed E-state index contributed by atoms with van der Waals surface area (Å²) in [6.45, 7) is 4.01. The maximum atomic E-state index is 10.9. The van der Waals surface area contributed by atoms with E-state index in [0.29, 0.717) is 0 Å². The van der Waals surface area contributed by atoms with Gasteiger partial charge in [0.1, 0.15) is 0 Å². The molecule has 2 rings (SSSR count). The first-order valence-electron chi connectivity index (χ1n) is 5.97. The molecule has 0 saturated carbocycles. The molecule has 0 unspecified atom stereocenters. The molecule has 0 aliphatic carbocycles. The highest BCUT2D eigenvalue weighted by Gasteiger charge is 2.10. The molecule has 0 radical (unpaired) electrons. The molecule has 1 aromatic carbocycles. The van der Waals surface area contributed by atoms with Crippen LogP contribution in [-0.4, -0.2) is 10.9 Å². The van der Waals surface area contributed by atoms with E-state index in [-0.39, 0.29) is 12.3 Å². The quantitative estimate of drug-likeness (QED) is 0.862. The molecule has 0 atom stereocenters. The summed E-state index contributed by atoms with van der Waals surface area (Å²) >= 11 is 3.26. The number of nitrogens with zero attached hydrogens (tertiary/aromatic N) is 1. The van der Waals surface area contributed by atoms with E-state index in [0.717, 1.165) is 20.7 Å². The summed E-state index contributed by atoms with van der Waals surface area (Å²) in [6, 6.07) is 8.45. The smallest absolute Gasteiger partial charge is 0.222 e. The Kier molecular flexibility index (Phi) is 4.61. The zero-order chi connectivity index (χ0) is 13.8. The Morgan fingerprint density at radius 2 is 2.21 bits per heavy atom. The average Bonchev–Trinajstić information content (AvgIpc) is 2.67. The SMILES string of the molecule is Cc1cccc(CSc2nc(C)c(CC(N)=O)s2)c1. The molecular weight excluding hydrogens is 276 g/mol. The van der Waals surface area contributed by atoms with Gasteiger partial charge in [-0.25, -0.2) is 4.98 Å². The molecular formula is C14H16N2OS2. The van der Waals surface area contributed by atoms with E-state index in [1.54, 1.807) is 23.1 Å². The predicted octanol–water partition coefficient (Wildman–Crippen LogP) is 3.08. The summed E-state index contributed by atoms with van der Waals surface area (Å²) in [5.41, 5.74) is 8.68. The zero-order valence-electron chi connectivity index (χ0n) is 11.0. The summed E-state index contributed by atoms with van der Waals surface area (Å²) in [4.78, 5) is 16.4. The predicted molar refractivity (Wildman–Crippen MR) is 80.5 cm³/mol. The highest BCUT2D eigenvalue weighted by atomic mass is 32.2. The third kappa shape index (κ3) is 4.08. The minimum Gasteiger partial charge on any atom is -0.369 e. The standard InChI is InChI=1S/C14H16N2OS2/c1-9-4-3-5-11(6-9)8-18-14-16-10(2)12(19-14)7-13(15)17/h3-6H,7-8H2,1-2H3,(H2,15,17). The van der Waals surface area contributed by atoms with Crippen molar-refractivity contribution in [1.29, 1.82) is 0 Å². The number of primary amides is 1. The Morgan fingerprint density at radius 1 is 1.42 bits per heavy atom. The maximum absolute atomic E-state index is 10.9. The van der Waals surface area contributed by atoms with Crippen molar-refractivity contribution in [2.24, 2.45) is 5.73 Å². The molecule has 0 fully saturated rings. The summed E-state index contributed by atoms with van der Waals surface area (Å²) < 4.78 is 0.996. The average molecular weight is 292 g/mol. The third-order valence-corrected chi connectivity index (χ3v) is 5.02. The second-order valence-electron chi connectivity index (χ2n) is 4.41. The van der Waals surface area contributed by atoms with Crippen molar-refractivity contribution < 1.29 is 4.79 Å². The Balaban J connectivity index is 2.02. The Bertz CT molecular complexity index is 593. The molecule has 1 amide bonds. The molecule has 100 valence electrons. The van der Waals surface area contributed by atoms with Gasteiger partial charge in [0, 0.05) is 10.6 Å². The number of carbonyl (C=O) groups is 1. The minimum absolute atomic E-state index is 0.286. The number of benzene rings is 1. The fourth-order valence-electron chi connectivity index (χ4n) is 1.73. The molecule has 3 nitrogen and oxygen atoms in total. The van der Waals surface area contributed by atoms with Gasteiger partial charge >= 0.3 is 0 Å². The van der Waals surface area contributed by atoms with Gasteiger partial charge in [0.05, 0.1) is 12.1 Å². The number of nitrogens with two attached hydrogens (primary N) is 1. The van der Waals surface area contributed by atoms with Crippen molar-refractivity contribution in [3.05, 3.63) is 46.0 Å². The molecule has 1 aromatic heterocycles. The summed E-state index contributed by atoms with van der Waals surface area (Å²) in [6.07, 6.45) is 0.286. The maximum Gasteiger partial charge on any atom is 0.222 e. The highest BCUT2D eigenvalue weighted by Crippen LogP contribution is 2.30. The van der Waals surface area contributed by atoms with Crippen molar-refractivity contribution in [3.63, 3.8) is 0 Å². The van der Waals surface area contributed by atoms with Gasteiger partial charge in [-0.05, 0) is 19.4 Å². The van der Waals surface area contributed by atoms with E-state index >= 15 is 0 Å². The molecule has 5 heteroatoms. The second kappa shape index (κ2) is 6.21. The lowest BCUT2D eigenvalue weighted by atomic mass is 10.2. The van der Waals surface area contributed by atoms with Crippen LogP contribution in [0.4, 0.5) is 0 Å². The van der Waals surface area contributed by atoms with Crippen LogP contribution in [0.3, 0.4) is 0 Å². The topological polar surface area (TPSA) is 56.0 Å². The Hall–Kier alpha value is -1.33. The van der Waals surface area contributed by atoms with Crippen molar-refractivity contribution in [2.75, 3.05) is 0 Å². The normalized spacial score (nSPS) is 10.6. The van der Waals surface area contributed by atoms with Gasteiger partial charge < -0.3 is 5.73 Å². The largest absolute Gasteiger partial charge is 0.369 e. The summed E-state index contributed by atoms with van der Waals surface area (Å²) in [5, 5.41) is 0. The van der Waals surface area contributed by atoms with E-state index in [1.165, 1.54) is 11.1 Å². The van der Waals surface area contributed by atoms with Gasteiger partial charge in [-0.2, -0.15) is 0 Å². The summed E-state index contributed by atoms with van der Waals surface area (Å²) in [5.74, 6) is 0.590. The van der Waals surface area contributed by atoms with Gasteiger partial charge in [0.25, 0.3) is 0 Å². The van der Waals surface area contributed by atoms with Crippen molar-refractivity contribution >= 4 is 29.0 Å². The van der Waals surface area contributed by atoms with Crippen LogP contribution in [0.15, 0.2) is 28.6 Å². The molecule has 2 aromatic rings. The fraction of sp³-hybridized carbons (Fsp3) is 0.286. The molecule has 0 aliphatic rings. The Morgan fingerprint density at radius 3 is 2.89 bits per heavy atom. The number of hydrogen-bond acceptors (Lipinski definition) is 4. The van der Waals surface area contributed by atoms with E-state index in [4.69, 9.17) is 5.73 Å². The van der Waals surface area contributed by atoms with Crippen LogP contribution in [0, 0.1) is 13.8 Å². The number of thioether (sulfide) groups is 1. The van der Waals surface area contributed by atoms with Crippen molar-refractivity contribution in [2.45, 2.75) is 30.4 Å². The first-order valence-corrected chi connectivity index (χ1v) is 7.78. The molecule has 1 heterocycles. The van der Waals surface area contributed by atoms with E-state index in [9.17, 15) is 4.79 Å². The van der Waals surface area contributed by atoms with Crippen LogP contribution in [0.25, 0.3) is 0 Å². The first kappa shape index (κ1) is 14.1. The molecule has 0 spiro atoms.